The number of hydrogen-bond donors (Lipinski definition) is 2. The first-order chi connectivity index (χ1) is 12.0. The van der Waals surface area contributed by atoms with Crippen molar-refractivity contribution in [3.05, 3.63) is 65.7 Å². The van der Waals surface area contributed by atoms with Crippen molar-refractivity contribution < 1.29 is 19.7 Å². The second kappa shape index (κ2) is 9.35. The number of ether oxygens (including phenoxy) is 1. The molecule has 0 aliphatic rings. The fraction of sp³-hybridized carbons (Fsp3) is 0.381. The average molecular weight is 342 g/mol. The molecule has 0 radical (unpaired) electrons. The van der Waals surface area contributed by atoms with Gasteiger partial charge < -0.3 is 14.9 Å². The van der Waals surface area contributed by atoms with E-state index in [-0.39, 0.29) is 12.2 Å². The minimum atomic E-state index is -2.14. The van der Waals surface area contributed by atoms with E-state index in [1.165, 1.54) is 0 Å². The van der Waals surface area contributed by atoms with Crippen molar-refractivity contribution in [1.82, 2.24) is 0 Å². The molecule has 0 saturated carbocycles. The van der Waals surface area contributed by atoms with Crippen LogP contribution >= 0.6 is 0 Å². The third-order valence-electron chi connectivity index (χ3n) is 4.05. The predicted octanol–water partition coefficient (Wildman–Crippen LogP) is 4.10. The summed E-state index contributed by atoms with van der Waals surface area (Å²) < 4.78 is 5.24. The third kappa shape index (κ3) is 6.69. The van der Waals surface area contributed by atoms with Crippen LogP contribution in [0.5, 0.6) is 5.75 Å². The van der Waals surface area contributed by atoms with E-state index in [0.29, 0.717) is 25.0 Å². The highest BCUT2D eigenvalue weighted by Gasteiger charge is 2.24. The number of hydrogen-bond acceptors (Lipinski definition) is 4. The molecule has 0 fully saturated rings. The van der Waals surface area contributed by atoms with E-state index >= 15 is 0 Å². The lowest BCUT2D eigenvalue weighted by Gasteiger charge is -2.22. The van der Waals surface area contributed by atoms with Crippen LogP contribution in [-0.2, 0) is 6.42 Å². The number of Topliss-reactive ketones (excluding diaryl/α,β-unsaturated/α-hetero) is 1. The first-order valence-electron chi connectivity index (χ1n) is 8.81. The number of aliphatic hydroxyl groups is 2. The molecule has 4 nitrogen and oxygen atoms in total. The molecule has 2 aromatic rings. The van der Waals surface area contributed by atoms with Crippen LogP contribution in [0, 0.1) is 0 Å². The summed E-state index contributed by atoms with van der Waals surface area (Å²) in [5, 5.41) is 19.7. The van der Waals surface area contributed by atoms with Crippen LogP contribution in [0.4, 0.5) is 0 Å². The van der Waals surface area contributed by atoms with Crippen molar-refractivity contribution in [1.29, 1.82) is 0 Å². The molecular formula is C21H26O4. The Balaban J connectivity index is 1.84. The topological polar surface area (TPSA) is 66.8 Å². The van der Waals surface area contributed by atoms with Crippen molar-refractivity contribution in [3.8, 4) is 5.75 Å². The summed E-state index contributed by atoms with van der Waals surface area (Å²) in [6.07, 6.45) is 3.88. The molecular weight excluding hydrogens is 316 g/mol. The Bertz CT molecular complexity index is 647. The van der Waals surface area contributed by atoms with Gasteiger partial charge in [-0.2, -0.15) is 0 Å². The Hall–Kier alpha value is -2.17. The Labute approximate surface area is 149 Å². The maximum absolute atomic E-state index is 12.1. The van der Waals surface area contributed by atoms with Crippen molar-refractivity contribution >= 4 is 5.78 Å². The third-order valence-corrected chi connectivity index (χ3v) is 4.05. The van der Waals surface area contributed by atoms with Gasteiger partial charge in [-0.15, -0.1) is 0 Å². The summed E-state index contributed by atoms with van der Waals surface area (Å²) in [6, 6.07) is 16.3. The molecule has 0 amide bonds. The monoisotopic (exact) mass is 342 g/mol. The Morgan fingerprint density at radius 2 is 1.68 bits per heavy atom. The number of ketones is 1. The van der Waals surface area contributed by atoms with E-state index < -0.39 is 5.97 Å². The van der Waals surface area contributed by atoms with Crippen LogP contribution in [0.3, 0.4) is 0 Å². The predicted molar refractivity (Wildman–Crippen MR) is 97.5 cm³/mol. The molecule has 2 aromatic carbocycles. The number of unbranched alkanes of at least 4 members (excludes halogenated alkanes) is 2. The average Bonchev–Trinajstić information content (AvgIpc) is 2.61. The van der Waals surface area contributed by atoms with Gasteiger partial charge in [0.2, 0.25) is 0 Å². The first-order valence-corrected chi connectivity index (χ1v) is 8.81. The van der Waals surface area contributed by atoms with E-state index in [1.807, 2.05) is 42.5 Å². The van der Waals surface area contributed by atoms with Crippen LogP contribution in [-0.4, -0.2) is 22.0 Å². The standard InChI is InChI=1S/C21H26O4/c1-2-3-7-16-21(23,24)25-19-13-10-17(11-14-19)12-15-20(22)18-8-5-4-6-9-18/h4-6,8-11,13-14,23-24H,2-3,7,12,15-16H2,1H3. The molecule has 0 heterocycles. The Morgan fingerprint density at radius 1 is 1.00 bits per heavy atom. The van der Waals surface area contributed by atoms with Gasteiger partial charge in [-0.1, -0.05) is 62.2 Å². The van der Waals surface area contributed by atoms with E-state index in [4.69, 9.17) is 4.74 Å². The van der Waals surface area contributed by atoms with E-state index in [9.17, 15) is 15.0 Å². The zero-order valence-electron chi connectivity index (χ0n) is 14.6. The van der Waals surface area contributed by atoms with Gasteiger partial charge in [0.25, 0.3) is 0 Å². The van der Waals surface area contributed by atoms with Crippen molar-refractivity contribution in [2.45, 2.75) is 51.4 Å². The van der Waals surface area contributed by atoms with Crippen molar-refractivity contribution in [2.75, 3.05) is 0 Å². The summed E-state index contributed by atoms with van der Waals surface area (Å²) in [4.78, 5) is 12.1. The Morgan fingerprint density at radius 3 is 2.32 bits per heavy atom. The van der Waals surface area contributed by atoms with Crippen LogP contribution in [0.2, 0.25) is 0 Å². The molecule has 0 atom stereocenters. The van der Waals surface area contributed by atoms with E-state index in [2.05, 4.69) is 6.92 Å². The summed E-state index contributed by atoms with van der Waals surface area (Å²) in [5.74, 6) is -1.62. The second-order valence-corrected chi connectivity index (χ2v) is 6.24. The Kier molecular flexibility index (Phi) is 7.16. The number of aryl methyl sites for hydroxylation is 1. The van der Waals surface area contributed by atoms with Gasteiger partial charge in [-0.05, 0) is 30.5 Å². The molecule has 0 unspecified atom stereocenters. The summed E-state index contributed by atoms with van der Waals surface area (Å²) in [5.41, 5.74) is 1.73. The molecule has 0 bridgehead atoms. The zero-order valence-corrected chi connectivity index (χ0v) is 14.6. The maximum atomic E-state index is 12.1. The number of benzene rings is 2. The van der Waals surface area contributed by atoms with Crippen LogP contribution < -0.4 is 4.74 Å². The highest BCUT2D eigenvalue weighted by molar-refractivity contribution is 5.96. The minimum absolute atomic E-state index is 0.113. The lowest BCUT2D eigenvalue weighted by molar-refractivity contribution is -0.295. The van der Waals surface area contributed by atoms with Crippen molar-refractivity contribution in [2.24, 2.45) is 0 Å². The molecule has 134 valence electrons. The molecule has 0 aliphatic heterocycles. The van der Waals surface area contributed by atoms with Crippen LogP contribution in [0.25, 0.3) is 0 Å². The maximum Gasteiger partial charge on any atom is 0.321 e. The second-order valence-electron chi connectivity index (χ2n) is 6.24. The van der Waals surface area contributed by atoms with Crippen LogP contribution in [0.1, 0.15) is 54.9 Å². The normalized spacial score (nSPS) is 11.3. The van der Waals surface area contributed by atoms with Gasteiger partial charge in [0.15, 0.2) is 5.78 Å². The molecule has 2 rings (SSSR count). The van der Waals surface area contributed by atoms with E-state index in [0.717, 1.165) is 24.0 Å². The van der Waals surface area contributed by atoms with Gasteiger partial charge in [-0.25, -0.2) is 0 Å². The zero-order chi connectivity index (χ0) is 18.1. The lowest BCUT2D eigenvalue weighted by atomic mass is 10.0. The molecule has 4 heteroatoms. The fourth-order valence-corrected chi connectivity index (χ4v) is 2.60. The molecule has 25 heavy (non-hydrogen) atoms. The van der Waals surface area contributed by atoms with Gasteiger partial charge >= 0.3 is 5.97 Å². The molecule has 2 N–H and O–H groups in total. The highest BCUT2D eigenvalue weighted by atomic mass is 16.8. The number of rotatable bonds is 10. The quantitative estimate of drug-likeness (QED) is 0.387. The van der Waals surface area contributed by atoms with Gasteiger partial charge in [0.05, 0.1) is 0 Å². The van der Waals surface area contributed by atoms with Crippen molar-refractivity contribution in [3.63, 3.8) is 0 Å². The molecule has 0 aliphatic carbocycles. The molecule has 0 aromatic heterocycles. The smallest absolute Gasteiger partial charge is 0.321 e. The number of carbonyl (C=O) groups excluding carboxylic acids is 1. The van der Waals surface area contributed by atoms with Gasteiger partial charge in [0, 0.05) is 18.4 Å². The lowest BCUT2D eigenvalue weighted by Crippen LogP contribution is -2.35. The minimum Gasteiger partial charge on any atom is -0.439 e. The number of carbonyl (C=O) groups is 1. The summed E-state index contributed by atoms with van der Waals surface area (Å²) >= 11 is 0. The molecule has 0 saturated heterocycles. The van der Waals surface area contributed by atoms with Gasteiger partial charge in [-0.3, -0.25) is 4.79 Å². The summed E-state index contributed by atoms with van der Waals surface area (Å²) in [7, 11) is 0. The van der Waals surface area contributed by atoms with Gasteiger partial charge in [0.1, 0.15) is 5.75 Å². The van der Waals surface area contributed by atoms with E-state index in [1.54, 1.807) is 12.1 Å². The SMILES string of the molecule is CCCCCC(O)(O)Oc1ccc(CCC(=O)c2ccccc2)cc1. The summed E-state index contributed by atoms with van der Waals surface area (Å²) in [6.45, 7) is 2.05. The first kappa shape index (κ1) is 19.2. The fourth-order valence-electron chi connectivity index (χ4n) is 2.60. The molecule has 0 spiro atoms. The largest absolute Gasteiger partial charge is 0.439 e. The van der Waals surface area contributed by atoms with Crippen LogP contribution in [0.15, 0.2) is 54.6 Å². The highest BCUT2D eigenvalue weighted by Crippen LogP contribution is 2.21.